The summed E-state index contributed by atoms with van der Waals surface area (Å²) in [6.45, 7) is 4.41. The van der Waals surface area contributed by atoms with E-state index in [1.54, 1.807) is 44.6 Å². The van der Waals surface area contributed by atoms with Crippen LogP contribution in [0.2, 0.25) is 0 Å². The van der Waals surface area contributed by atoms with Crippen molar-refractivity contribution in [2.45, 2.75) is 43.3 Å². The Morgan fingerprint density at radius 1 is 1.34 bits per heavy atom. The lowest BCUT2D eigenvalue weighted by atomic mass is 9.90. The number of thiazole rings is 1. The zero-order valence-electron chi connectivity index (χ0n) is 18.7. The number of ether oxygens (including phenoxy) is 2. The predicted molar refractivity (Wildman–Crippen MR) is 126 cm³/mol. The molecule has 0 saturated heterocycles. The molecule has 180 valence electrons. The molecule has 2 aromatic rings. The second-order valence-electron chi connectivity index (χ2n) is 7.34. The van der Waals surface area contributed by atoms with Crippen LogP contribution in [0.15, 0.2) is 35.4 Å². The lowest BCUT2D eigenvalue weighted by Crippen LogP contribution is -2.35. The number of rotatable bonds is 13. The van der Waals surface area contributed by atoms with E-state index in [0.717, 1.165) is 17.5 Å². The number of hydrogen-bond acceptors (Lipinski definition) is 8. The van der Waals surface area contributed by atoms with Gasteiger partial charge in [0.2, 0.25) is 5.91 Å². The molecule has 1 heterocycles. The fourth-order valence-corrected chi connectivity index (χ4v) is 5.01. The summed E-state index contributed by atoms with van der Waals surface area (Å²) in [6, 6.07) is 7.10. The van der Waals surface area contributed by atoms with E-state index in [0.29, 0.717) is 30.0 Å². The highest BCUT2D eigenvalue weighted by molar-refractivity contribution is 8.27. The minimum absolute atomic E-state index is 0.161. The summed E-state index contributed by atoms with van der Waals surface area (Å²) in [4.78, 5) is 17.7. The number of aromatic nitrogens is 1. The number of anilines is 1. The molecule has 0 aliphatic heterocycles. The van der Waals surface area contributed by atoms with Crippen LogP contribution in [0.1, 0.15) is 31.7 Å². The summed E-state index contributed by atoms with van der Waals surface area (Å²) in [6.07, 6.45) is 2.30. The van der Waals surface area contributed by atoms with E-state index in [-0.39, 0.29) is 17.6 Å². The molecule has 0 radical (unpaired) electrons. The first kappa shape index (κ1) is 26.7. The molecule has 0 aliphatic carbocycles. The van der Waals surface area contributed by atoms with Crippen molar-refractivity contribution in [3.05, 3.63) is 41.2 Å². The van der Waals surface area contributed by atoms with E-state index in [9.17, 15) is 18.8 Å². The van der Waals surface area contributed by atoms with Crippen LogP contribution in [-0.2, 0) is 14.3 Å². The Morgan fingerprint density at radius 2 is 2.03 bits per heavy atom. The van der Waals surface area contributed by atoms with Gasteiger partial charge in [-0.1, -0.05) is 40.9 Å². The normalized spacial score (nSPS) is 17.2. The van der Waals surface area contributed by atoms with Gasteiger partial charge in [-0.15, -0.1) is 0 Å². The van der Waals surface area contributed by atoms with Crippen LogP contribution in [0, 0.1) is 5.13 Å². The molecule has 0 aliphatic rings. The molecule has 1 aromatic heterocycles. The summed E-state index contributed by atoms with van der Waals surface area (Å²) in [5.74, 6) is -1.11. The fourth-order valence-electron chi connectivity index (χ4n) is 3.15. The van der Waals surface area contributed by atoms with Crippen molar-refractivity contribution in [2.75, 3.05) is 38.4 Å². The van der Waals surface area contributed by atoms with E-state index in [1.807, 2.05) is 6.92 Å². The van der Waals surface area contributed by atoms with Gasteiger partial charge in [0, 0.05) is 24.8 Å². The molecule has 1 amide bonds. The third kappa shape index (κ3) is 7.48. The smallest absolute Gasteiger partial charge is 0.236 e. The lowest BCUT2D eigenvalue weighted by Gasteiger charge is -2.32. The van der Waals surface area contributed by atoms with Gasteiger partial charge in [0.05, 0.1) is 37.5 Å². The number of nitrogens with zero attached hydrogens (tertiary/aromatic N) is 1. The maximum Gasteiger partial charge on any atom is 0.236 e. The number of aliphatic hydroxyl groups is 1. The van der Waals surface area contributed by atoms with Gasteiger partial charge in [0.15, 0.2) is 10.3 Å². The van der Waals surface area contributed by atoms with Crippen LogP contribution < -0.4 is 10.0 Å². The maximum atomic E-state index is 13.3. The van der Waals surface area contributed by atoms with Gasteiger partial charge in [0.25, 0.3) is 0 Å². The number of halogens is 1. The van der Waals surface area contributed by atoms with Crippen LogP contribution in [0.4, 0.5) is 9.52 Å². The molecule has 3 unspecified atom stereocenters. The van der Waals surface area contributed by atoms with Crippen molar-refractivity contribution in [3.63, 3.8) is 0 Å². The van der Waals surface area contributed by atoms with Crippen molar-refractivity contribution < 1.29 is 28.3 Å². The monoisotopic (exact) mass is 489 g/mol. The van der Waals surface area contributed by atoms with E-state index in [4.69, 9.17) is 9.47 Å². The Hall–Kier alpha value is -1.60. The zero-order valence-corrected chi connectivity index (χ0v) is 20.3. The van der Waals surface area contributed by atoms with Crippen molar-refractivity contribution in [3.8, 4) is 0 Å². The van der Waals surface area contributed by atoms with Gasteiger partial charge in [0.1, 0.15) is 0 Å². The molecule has 0 bridgehead atoms. The standard InChI is InChI=1S/C21H32FN3O5S2/c1-5-17(30-14(2)13-26)19(20(27)25-21-23-12-18(22)31-21)15-6-8-16(9-7-15)32(4,28)24-10-11-29-3/h6-9,12,14,17,19,24,26,28H,5,10-11,13H2,1-4H3,(H,23,25,27)/t14-,17?,19?/m1/s1. The largest absolute Gasteiger partial charge is 0.394 e. The molecular weight excluding hydrogens is 457 g/mol. The minimum Gasteiger partial charge on any atom is -0.394 e. The SMILES string of the molecule is CCC(O[C@H](C)CO)C(C(=O)Nc1ncc(F)s1)c1ccc(S(C)(O)NCCOC)cc1. The zero-order chi connectivity index (χ0) is 23.7. The van der Waals surface area contributed by atoms with Crippen molar-refractivity contribution in [2.24, 2.45) is 0 Å². The van der Waals surface area contributed by atoms with E-state index in [2.05, 4.69) is 15.0 Å². The van der Waals surface area contributed by atoms with Crippen LogP contribution in [0.3, 0.4) is 0 Å². The molecule has 0 spiro atoms. The Balaban J connectivity index is 2.30. The number of benzene rings is 1. The molecule has 4 atom stereocenters. The summed E-state index contributed by atoms with van der Waals surface area (Å²) in [7, 11) is -0.642. The molecule has 2 rings (SSSR count). The topological polar surface area (TPSA) is 113 Å². The van der Waals surface area contributed by atoms with Gasteiger partial charge in [-0.3, -0.25) is 9.52 Å². The summed E-state index contributed by atoms with van der Waals surface area (Å²) >= 11 is 0.743. The maximum absolute atomic E-state index is 13.3. The van der Waals surface area contributed by atoms with Crippen LogP contribution in [0.5, 0.6) is 0 Å². The van der Waals surface area contributed by atoms with Gasteiger partial charge in [-0.05, 0) is 31.0 Å². The van der Waals surface area contributed by atoms with Crippen LogP contribution >= 0.6 is 21.8 Å². The second-order valence-corrected chi connectivity index (χ2v) is 10.8. The van der Waals surface area contributed by atoms with Crippen molar-refractivity contribution >= 4 is 32.9 Å². The first-order valence-corrected chi connectivity index (χ1v) is 13.1. The predicted octanol–water partition coefficient (Wildman–Crippen LogP) is 3.60. The van der Waals surface area contributed by atoms with Crippen LogP contribution in [0.25, 0.3) is 0 Å². The highest BCUT2D eigenvalue weighted by atomic mass is 32.3. The number of carbonyl (C=O) groups excluding carboxylic acids is 1. The molecular formula is C21H32FN3O5S2. The molecule has 1 aromatic carbocycles. The van der Waals surface area contributed by atoms with Gasteiger partial charge in [-0.25, -0.2) is 4.98 Å². The Morgan fingerprint density at radius 3 is 2.56 bits per heavy atom. The van der Waals surface area contributed by atoms with Gasteiger partial charge < -0.3 is 24.4 Å². The number of carbonyl (C=O) groups is 1. The number of amides is 1. The number of aliphatic hydroxyl groups excluding tert-OH is 1. The highest BCUT2D eigenvalue weighted by Gasteiger charge is 2.32. The Labute approximate surface area is 193 Å². The quantitative estimate of drug-likeness (QED) is 0.318. The van der Waals surface area contributed by atoms with E-state index < -0.39 is 33.8 Å². The first-order chi connectivity index (χ1) is 15.2. The molecule has 0 fully saturated rings. The number of hydrogen-bond donors (Lipinski definition) is 4. The number of methoxy groups -OCH3 is 1. The van der Waals surface area contributed by atoms with E-state index in [1.165, 1.54) is 0 Å². The Bertz CT molecular complexity index is 850. The second kappa shape index (κ2) is 12.6. The average molecular weight is 490 g/mol. The Kier molecular flexibility index (Phi) is 10.5. The van der Waals surface area contributed by atoms with Crippen molar-refractivity contribution in [1.82, 2.24) is 9.71 Å². The highest BCUT2D eigenvalue weighted by Crippen LogP contribution is 2.44. The molecule has 32 heavy (non-hydrogen) atoms. The molecule has 8 nitrogen and oxygen atoms in total. The van der Waals surface area contributed by atoms with Gasteiger partial charge in [-0.2, -0.15) is 4.39 Å². The molecule has 11 heteroatoms. The van der Waals surface area contributed by atoms with Crippen molar-refractivity contribution in [1.29, 1.82) is 0 Å². The average Bonchev–Trinajstić information content (AvgIpc) is 3.17. The third-order valence-electron chi connectivity index (χ3n) is 4.82. The number of nitrogens with one attached hydrogen (secondary N) is 2. The molecule has 4 N–H and O–H groups in total. The molecule has 0 saturated carbocycles. The summed E-state index contributed by atoms with van der Waals surface area (Å²) in [5, 5.41) is 11.7. The van der Waals surface area contributed by atoms with E-state index >= 15 is 0 Å². The lowest BCUT2D eigenvalue weighted by molar-refractivity contribution is -0.123. The fraction of sp³-hybridized carbons (Fsp3) is 0.524. The minimum atomic E-state index is -2.23. The van der Waals surface area contributed by atoms with Crippen LogP contribution in [-0.4, -0.2) is 65.9 Å². The summed E-state index contributed by atoms with van der Waals surface area (Å²) < 4.78 is 38.2. The first-order valence-electron chi connectivity index (χ1n) is 10.2. The summed E-state index contributed by atoms with van der Waals surface area (Å²) in [5.41, 5.74) is 0.673. The van der Waals surface area contributed by atoms with Gasteiger partial charge >= 0.3 is 0 Å². The third-order valence-corrected chi connectivity index (χ3v) is 7.47.